The number of hydrogen-bond donors (Lipinski definition) is 2. The number of hydrogen-bond acceptors (Lipinski definition) is 5. The summed E-state index contributed by atoms with van der Waals surface area (Å²) < 4.78 is 9.30. The Morgan fingerprint density at radius 1 is 1.44 bits per heavy atom. The first-order valence-electron chi connectivity index (χ1n) is 5.63. The van der Waals surface area contributed by atoms with Gasteiger partial charge in [-0.2, -0.15) is 0 Å². The van der Waals surface area contributed by atoms with Crippen LogP contribution in [0.3, 0.4) is 0 Å². The highest BCUT2D eigenvalue weighted by atomic mass is 16.8. The SMILES string of the molecule is CCCC(O)OC(=O)OC(C)(O)C(C)CC. The number of ether oxygens (including phenoxy) is 2. The lowest BCUT2D eigenvalue weighted by molar-refractivity contribution is -0.207. The van der Waals surface area contributed by atoms with Gasteiger partial charge in [-0.3, -0.25) is 0 Å². The fraction of sp³-hybridized carbons (Fsp3) is 0.909. The molecule has 5 heteroatoms. The molecule has 0 aromatic rings. The Kier molecular flexibility index (Phi) is 6.36. The molecule has 0 aliphatic carbocycles. The number of aliphatic hydroxyl groups is 2. The minimum absolute atomic E-state index is 0.205. The van der Waals surface area contributed by atoms with Crippen LogP contribution < -0.4 is 0 Å². The van der Waals surface area contributed by atoms with Crippen LogP contribution in [0.1, 0.15) is 47.0 Å². The molecule has 2 N–H and O–H groups in total. The third-order valence-corrected chi connectivity index (χ3v) is 2.58. The van der Waals surface area contributed by atoms with Crippen molar-refractivity contribution in [1.82, 2.24) is 0 Å². The van der Waals surface area contributed by atoms with Crippen molar-refractivity contribution < 1.29 is 24.5 Å². The Bertz CT molecular complexity index is 214. The quantitative estimate of drug-likeness (QED) is 0.543. The van der Waals surface area contributed by atoms with Crippen LogP contribution in [-0.4, -0.2) is 28.4 Å². The minimum Gasteiger partial charge on any atom is -0.405 e. The largest absolute Gasteiger partial charge is 0.513 e. The van der Waals surface area contributed by atoms with Crippen LogP contribution in [-0.2, 0) is 9.47 Å². The molecule has 0 aliphatic heterocycles. The first-order valence-corrected chi connectivity index (χ1v) is 5.63. The predicted octanol–water partition coefficient (Wildman–Crippen LogP) is 2.01. The fourth-order valence-corrected chi connectivity index (χ4v) is 1.09. The second-order valence-electron chi connectivity index (χ2n) is 4.08. The molecule has 0 amide bonds. The van der Waals surface area contributed by atoms with E-state index in [9.17, 15) is 15.0 Å². The smallest absolute Gasteiger partial charge is 0.405 e. The molecule has 0 saturated heterocycles. The molecule has 16 heavy (non-hydrogen) atoms. The Hall–Kier alpha value is -0.810. The van der Waals surface area contributed by atoms with Gasteiger partial charge in [-0.1, -0.05) is 27.2 Å². The van der Waals surface area contributed by atoms with Crippen molar-refractivity contribution >= 4 is 6.16 Å². The van der Waals surface area contributed by atoms with Crippen LogP contribution in [0.25, 0.3) is 0 Å². The summed E-state index contributed by atoms with van der Waals surface area (Å²) in [5, 5.41) is 19.0. The molecule has 0 rings (SSSR count). The van der Waals surface area contributed by atoms with Crippen molar-refractivity contribution in [3.8, 4) is 0 Å². The number of aliphatic hydroxyl groups excluding tert-OH is 1. The van der Waals surface area contributed by atoms with Crippen molar-refractivity contribution in [1.29, 1.82) is 0 Å². The molecule has 0 heterocycles. The van der Waals surface area contributed by atoms with Crippen molar-refractivity contribution in [3.63, 3.8) is 0 Å². The molecule has 96 valence electrons. The van der Waals surface area contributed by atoms with E-state index >= 15 is 0 Å². The molecule has 0 aliphatic rings. The van der Waals surface area contributed by atoms with Crippen molar-refractivity contribution in [2.24, 2.45) is 5.92 Å². The first-order chi connectivity index (χ1) is 7.33. The van der Waals surface area contributed by atoms with Crippen molar-refractivity contribution in [2.75, 3.05) is 0 Å². The standard InChI is InChI=1S/C11H22O5/c1-5-7-9(12)15-10(13)16-11(4,14)8(3)6-2/h8-9,12,14H,5-7H2,1-4H3. The number of carbonyl (C=O) groups is 1. The first kappa shape index (κ1) is 15.2. The van der Waals surface area contributed by atoms with Gasteiger partial charge < -0.3 is 19.7 Å². The van der Waals surface area contributed by atoms with Gasteiger partial charge in [-0.15, -0.1) is 0 Å². The summed E-state index contributed by atoms with van der Waals surface area (Å²) in [4.78, 5) is 11.2. The molecule has 3 atom stereocenters. The molecule has 0 aromatic heterocycles. The van der Waals surface area contributed by atoms with E-state index in [4.69, 9.17) is 4.74 Å². The lowest BCUT2D eigenvalue weighted by Crippen LogP contribution is -2.39. The summed E-state index contributed by atoms with van der Waals surface area (Å²) in [7, 11) is 0. The molecule has 0 spiro atoms. The Balaban J connectivity index is 4.13. The molecule has 0 aromatic carbocycles. The highest BCUT2D eigenvalue weighted by Crippen LogP contribution is 2.22. The Labute approximate surface area is 96.4 Å². The van der Waals surface area contributed by atoms with E-state index in [0.29, 0.717) is 19.3 Å². The summed E-state index contributed by atoms with van der Waals surface area (Å²) in [5.41, 5.74) is 0. The molecular formula is C11H22O5. The molecule has 0 saturated carbocycles. The second-order valence-corrected chi connectivity index (χ2v) is 4.08. The lowest BCUT2D eigenvalue weighted by atomic mass is 10.00. The maximum atomic E-state index is 11.2. The number of rotatable bonds is 6. The maximum absolute atomic E-state index is 11.2. The third-order valence-electron chi connectivity index (χ3n) is 2.58. The minimum atomic E-state index is -1.57. The topological polar surface area (TPSA) is 76.0 Å². The summed E-state index contributed by atoms with van der Waals surface area (Å²) in [6.45, 7) is 6.89. The summed E-state index contributed by atoms with van der Waals surface area (Å²) in [6, 6.07) is 0. The van der Waals surface area contributed by atoms with Crippen molar-refractivity contribution in [3.05, 3.63) is 0 Å². The molecule has 0 radical (unpaired) electrons. The van der Waals surface area contributed by atoms with Crippen LogP contribution in [0, 0.1) is 5.92 Å². The molecule has 0 fully saturated rings. The zero-order valence-electron chi connectivity index (χ0n) is 10.4. The van der Waals surface area contributed by atoms with Crippen molar-refractivity contribution in [2.45, 2.75) is 59.0 Å². The normalized spacial score (nSPS) is 18.4. The monoisotopic (exact) mass is 234 g/mol. The average Bonchev–Trinajstić information content (AvgIpc) is 2.15. The molecule has 3 unspecified atom stereocenters. The van der Waals surface area contributed by atoms with Gasteiger partial charge in [-0.25, -0.2) is 4.79 Å². The van der Waals surface area contributed by atoms with E-state index < -0.39 is 18.2 Å². The van der Waals surface area contributed by atoms with Crippen LogP contribution in [0.4, 0.5) is 4.79 Å². The second kappa shape index (κ2) is 6.70. The summed E-state index contributed by atoms with van der Waals surface area (Å²) in [5.74, 6) is -1.78. The van der Waals surface area contributed by atoms with Crippen LogP contribution in [0.15, 0.2) is 0 Å². The Morgan fingerprint density at radius 2 is 2.00 bits per heavy atom. The molecule has 0 bridgehead atoms. The summed E-state index contributed by atoms with van der Waals surface area (Å²) >= 11 is 0. The average molecular weight is 234 g/mol. The Morgan fingerprint density at radius 3 is 2.44 bits per heavy atom. The third kappa shape index (κ3) is 5.32. The molecular weight excluding hydrogens is 212 g/mol. The van der Waals surface area contributed by atoms with E-state index in [-0.39, 0.29) is 5.92 Å². The van der Waals surface area contributed by atoms with E-state index in [1.165, 1.54) is 6.92 Å². The zero-order chi connectivity index (χ0) is 12.8. The van der Waals surface area contributed by atoms with Crippen LogP contribution >= 0.6 is 0 Å². The fourth-order valence-electron chi connectivity index (χ4n) is 1.09. The van der Waals surface area contributed by atoms with E-state index in [2.05, 4.69) is 4.74 Å². The highest BCUT2D eigenvalue weighted by Gasteiger charge is 2.32. The van der Waals surface area contributed by atoms with Gasteiger partial charge in [0.15, 0.2) is 0 Å². The van der Waals surface area contributed by atoms with Gasteiger partial charge in [0.2, 0.25) is 12.1 Å². The maximum Gasteiger partial charge on any atom is 0.513 e. The highest BCUT2D eigenvalue weighted by molar-refractivity contribution is 5.60. The van der Waals surface area contributed by atoms with Gasteiger partial charge >= 0.3 is 6.16 Å². The van der Waals surface area contributed by atoms with Crippen LogP contribution in [0.2, 0.25) is 0 Å². The van der Waals surface area contributed by atoms with Gasteiger partial charge in [0.05, 0.1) is 0 Å². The lowest BCUT2D eigenvalue weighted by Gasteiger charge is -2.28. The van der Waals surface area contributed by atoms with E-state index in [1.807, 2.05) is 13.8 Å². The molecule has 5 nitrogen and oxygen atoms in total. The zero-order valence-corrected chi connectivity index (χ0v) is 10.4. The van der Waals surface area contributed by atoms with Crippen LogP contribution in [0.5, 0.6) is 0 Å². The van der Waals surface area contributed by atoms with Gasteiger partial charge in [0.1, 0.15) is 0 Å². The predicted molar refractivity (Wildman–Crippen MR) is 58.6 cm³/mol. The van der Waals surface area contributed by atoms with Gasteiger partial charge in [-0.05, 0) is 6.42 Å². The van der Waals surface area contributed by atoms with Gasteiger partial charge in [0.25, 0.3) is 0 Å². The van der Waals surface area contributed by atoms with E-state index in [0.717, 1.165) is 0 Å². The number of carbonyl (C=O) groups excluding carboxylic acids is 1. The summed E-state index contributed by atoms with van der Waals surface area (Å²) in [6.07, 6.45) is -0.523. The van der Waals surface area contributed by atoms with Gasteiger partial charge in [0, 0.05) is 19.3 Å². The van der Waals surface area contributed by atoms with E-state index in [1.54, 1.807) is 6.92 Å².